The molecule has 2 N–H and O–H groups in total. The van der Waals surface area contributed by atoms with Gasteiger partial charge in [0.1, 0.15) is 4.90 Å². The number of thioether (sulfide) groups is 1. The fourth-order valence-corrected chi connectivity index (χ4v) is 4.04. The number of hydrogen-bond donors (Lipinski definition) is 1. The van der Waals surface area contributed by atoms with Crippen LogP contribution in [0.2, 0.25) is 0 Å². The van der Waals surface area contributed by atoms with Crippen molar-refractivity contribution >= 4 is 21.8 Å². The van der Waals surface area contributed by atoms with Gasteiger partial charge in [0, 0.05) is 38.1 Å². The van der Waals surface area contributed by atoms with E-state index in [1.165, 1.54) is 4.31 Å². The number of nitrogens with two attached hydrogens (primary N) is 1. The molecule has 1 aromatic heterocycles. The third kappa shape index (κ3) is 3.78. The van der Waals surface area contributed by atoms with Crippen LogP contribution >= 0.6 is 11.8 Å². The van der Waals surface area contributed by atoms with Gasteiger partial charge in [0.2, 0.25) is 10.0 Å². The molecular weight excluding hydrogens is 294 g/mol. The average molecular weight is 319 g/mol. The fraction of sp³-hybridized carbons (Fsp3) is 0.692. The normalized spacial score (nSPS) is 13.9. The van der Waals surface area contributed by atoms with Crippen LogP contribution in [-0.2, 0) is 23.1 Å². The Morgan fingerprint density at radius 3 is 2.60 bits per heavy atom. The SMILES string of the molecule is CCn1cc(S(=O)(=O)N(C)C(C)CCSC)cc1CN. The zero-order valence-electron chi connectivity index (χ0n) is 12.7. The van der Waals surface area contributed by atoms with Gasteiger partial charge in [0.05, 0.1) is 0 Å². The Hall–Kier alpha value is -0.500. The molecule has 116 valence electrons. The molecule has 1 aromatic rings. The number of aryl methyl sites for hydroxylation is 1. The van der Waals surface area contributed by atoms with Crippen molar-refractivity contribution in [1.29, 1.82) is 0 Å². The van der Waals surface area contributed by atoms with Crippen LogP contribution in [0.15, 0.2) is 17.2 Å². The van der Waals surface area contributed by atoms with Gasteiger partial charge in [0.25, 0.3) is 0 Å². The highest BCUT2D eigenvalue weighted by atomic mass is 32.2. The Kier molecular flexibility index (Phi) is 6.57. The van der Waals surface area contributed by atoms with Crippen LogP contribution in [0.25, 0.3) is 0 Å². The minimum Gasteiger partial charge on any atom is -0.349 e. The van der Waals surface area contributed by atoms with E-state index in [9.17, 15) is 8.42 Å². The summed E-state index contributed by atoms with van der Waals surface area (Å²) in [6.07, 6.45) is 4.54. The first-order valence-corrected chi connectivity index (χ1v) is 9.57. The van der Waals surface area contributed by atoms with Gasteiger partial charge in [-0.1, -0.05) is 0 Å². The first-order valence-electron chi connectivity index (χ1n) is 6.74. The molecule has 0 aromatic carbocycles. The molecule has 0 spiro atoms. The quantitative estimate of drug-likeness (QED) is 0.792. The second-order valence-electron chi connectivity index (χ2n) is 4.81. The third-order valence-corrected chi connectivity index (χ3v) is 6.13. The molecule has 1 unspecified atom stereocenters. The third-order valence-electron chi connectivity index (χ3n) is 3.55. The lowest BCUT2D eigenvalue weighted by Gasteiger charge is -2.23. The van der Waals surface area contributed by atoms with E-state index in [1.807, 2.05) is 24.7 Å². The second kappa shape index (κ2) is 7.49. The van der Waals surface area contributed by atoms with E-state index in [-0.39, 0.29) is 6.04 Å². The summed E-state index contributed by atoms with van der Waals surface area (Å²) in [5.74, 6) is 0.949. The lowest BCUT2D eigenvalue weighted by atomic mass is 10.3. The molecule has 0 saturated heterocycles. The molecular formula is C13H25N3O2S2. The maximum Gasteiger partial charge on any atom is 0.244 e. The summed E-state index contributed by atoms with van der Waals surface area (Å²) in [5.41, 5.74) is 6.50. The number of nitrogens with zero attached hydrogens (tertiary/aromatic N) is 2. The van der Waals surface area contributed by atoms with Crippen molar-refractivity contribution in [1.82, 2.24) is 8.87 Å². The van der Waals surface area contributed by atoms with E-state index < -0.39 is 10.0 Å². The molecule has 20 heavy (non-hydrogen) atoms. The zero-order chi connectivity index (χ0) is 15.3. The lowest BCUT2D eigenvalue weighted by Crippen LogP contribution is -2.35. The molecule has 1 atom stereocenters. The number of hydrogen-bond acceptors (Lipinski definition) is 4. The lowest BCUT2D eigenvalue weighted by molar-refractivity contribution is 0.382. The predicted octanol–water partition coefficient (Wildman–Crippen LogP) is 1.73. The van der Waals surface area contributed by atoms with Crippen molar-refractivity contribution in [3.05, 3.63) is 18.0 Å². The zero-order valence-corrected chi connectivity index (χ0v) is 14.3. The highest BCUT2D eigenvalue weighted by Crippen LogP contribution is 2.21. The smallest absolute Gasteiger partial charge is 0.244 e. The molecule has 0 radical (unpaired) electrons. The molecule has 5 nitrogen and oxygen atoms in total. The fourth-order valence-electron chi connectivity index (χ4n) is 2.01. The monoisotopic (exact) mass is 319 g/mol. The molecule has 0 aliphatic heterocycles. The maximum absolute atomic E-state index is 12.6. The van der Waals surface area contributed by atoms with Crippen molar-refractivity contribution in [3.8, 4) is 0 Å². The summed E-state index contributed by atoms with van der Waals surface area (Å²) in [6, 6.07) is 1.66. The minimum absolute atomic E-state index is 0.0150. The Bertz CT molecular complexity index is 504. The van der Waals surface area contributed by atoms with Crippen molar-refractivity contribution in [2.45, 2.75) is 44.3 Å². The van der Waals surface area contributed by atoms with Crippen LogP contribution < -0.4 is 5.73 Å². The summed E-state index contributed by atoms with van der Waals surface area (Å²) >= 11 is 1.73. The molecule has 7 heteroatoms. The summed E-state index contributed by atoms with van der Waals surface area (Å²) in [7, 11) is -1.80. The molecule has 0 fully saturated rings. The first-order chi connectivity index (χ1) is 9.38. The number of rotatable bonds is 8. The van der Waals surface area contributed by atoms with Crippen molar-refractivity contribution in [2.24, 2.45) is 5.73 Å². The van der Waals surface area contributed by atoms with Gasteiger partial charge in [-0.2, -0.15) is 16.1 Å². The van der Waals surface area contributed by atoms with Crippen molar-refractivity contribution in [2.75, 3.05) is 19.1 Å². The topological polar surface area (TPSA) is 68.3 Å². The first kappa shape index (κ1) is 17.6. The Morgan fingerprint density at radius 2 is 2.15 bits per heavy atom. The van der Waals surface area contributed by atoms with E-state index in [2.05, 4.69) is 0 Å². The van der Waals surface area contributed by atoms with Crippen LogP contribution in [0.4, 0.5) is 0 Å². The van der Waals surface area contributed by atoms with E-state index in [0.717, 1.165) is 17.9 Å². The molecule has 1 rings (SSSR count). The van der Waals surface area contributed by atoms with Gasteiger partial charge in [-0.3, -0.25) is 0 Å². The molecule has 1 heterocycles. The molecule has 0 bridgehead atoms. The Balaban J connectivity index is 3.00. The van der Waals surface area contributed by atoms with Gasteiger partial charge >= 0.3 is 0 Å². The largest absolute Gasteiger partial charge is 0.349 e. The average Bonchev–Trinajstić information content (AvgIpc) is 2.87. The van der Waals surface area contributed by atoms with Crippen molar-refractivity contribution in [3.63, 3.8) is 0 Å². The Labute approximate surface area is 126 Å². The standard InChI is InChI=1S/C13H25N3O2S2/c1-5-16-10-13(8-12(16)9-14)20(17,18)15(3)11(2)6-7-19-4/h8,10-11H,5-7,9,14H2,1-4H3. The van der Waals surface area contributed by atoms with Gasteiger partial charge < -0.3 is 10.3 Å². The van der Waals surface area contributed by atoms with Gasteiger partial charge in [-0.15, -0.1) is 0 Å². The van der Waals surface area contributed by atoms with Crippen molar-refractivity contribution < 1.29 is 8.42 Å². The molecule has 0 aliphatic carbocycles. The van der Waals surface area contributed by atoms with Gasteiger partial charge in [-0.05, 0) is 38.3 Å². The van der Waals surface area contributed by atoms with E-state index in [4.69, 9.17) is 5.73 Å². The second-order valence-corrected chi connectivity index (χ2v) is 7.79. The van der Waals surface area contributed by atoms with Crippen LogP contribution in [0.5, 0.6) is 0 Å². The number of sulfonamides is 1. The molecule has 0 aliphatic rings. The van der Waals surface area contributed by atoms with Gasteiger partial charge in [0.15, 0.2) is 0 Å². The molecule has 0 saturated carbocycles. The van der Waals surface area contributed by atoms with Crippen LogP contribution in [0.3, 0.4) is 0 Å². The Morgan fingerprint density at radius 1 is 1.50 bits per heavy atom. The predicted molar refractivity (Wildman–Crippen MR) is 85.4 cm³/mol. The van der Waals surface area contributed by atoms with E-state index in [1.54, 1.807) is 31.1 Å². The highest BCUT2D eigenvalue weighted by Gasteiger charge is 2.26. The minimum atomic E-state index is -3.44. The van der Waals surface area contributed by atoms with Crippen LogP contribution in [0.1, 0.15) is 26.0 Å². The van der Waals surface area contributed by atoms with Crippen LogP contribution in [-0.4, -0.2) is 42.4 Å². The van der Waals surface area contributed by atoms with Gasteiger partial charge in [-0.25, -0.2) is 8.42 Å². The van der Waals surface area contributed by atoms with E-state index >= 15 is 0 Å². The highest BCUT2D eigenvalue weighted by molar-refractivity contribution is 7.98. The van der Waals surface area contributed by atoms with Crippen LogP contribution in [0, 0.1) is 0 Å². The summed E-state index contributed by atoms with van der Waals surface area (Å²) in [5, 5.41) is 0. The summed E-state index contributed by atoms with van der Waals surface area (Å²) < 4.78 is 28.5. The summed E-state index contributed by atoms with van der Waals surface area (Å²) in [4.78, 5) is 0.332. The van der Waals surface area contributed by atoms with E-state index in [0.29, 0.717) is 18.0 Å². The molecule has 0 amide bonds. The summed E-state index contributed by atoms with van der Waals surface area (Å²) in [6.45, 7) is 4.97. The maximum atomic E-state index is 12.6. The number of aromatic nitrogens is 1.